The fourth-order valence-corrected chi connectivity index (χ4v) is 1.72. The zero-order chi connectivity index (χ0) is 14.7. The summed E-state index contributed by atoms with van der Waals surface area (Å²) in [6, 6.07) is 0. The monoisotopic (exact) mass is 279 g/mol. The van der Waals surface area contributed by atoms with E-state index in [2.05, 4.69) is 15.6 Å². The van der Waals surface area contributed by atoms with Crippen LogP contribution in [0.5, 0.6) is 0 Å². The maximum absolute atomic E-state index is 12.1. The van der Waals surface area contributed by atoms with Crippen molar-refractivity contribution in [3.05, 3.63) is 29.1 Å². The maximum Gasteiger partial charge on any atom is 0.404 e. The molecule has 0 unspecified atom stereocenters. The molecule has 0 aliphatic heterocycles. The molecule has 0 radical (unpaired) electrons. The molecule has 3 N–H and O–H groups in total. The van der Waals surface area contributed by atoms with E-state index in [1.807, 2.05) is 0 Å². The first-order valence-corrected chi connectivity index (χ1v) is 6.04. The minimum atomic E-state index is -1.16. The quantitative estimate of drug-likeness (QED) is 0.665. The molecule has 0 fully saturated rings. The average molecular weight is 279 g/mol. The lowest BCUT2D eigenvalue weighted by atomic mass is 10.0. The Morgan fingerprint density at radius 2 is 2.15 bits per heavy atom. The molecule has 1 aromatic rings. The second kappa shape index (κ2) is 5.55. The predicted octanol–water partition coefficient (Wildman–Crippen LogP) is 0.357. The van der Waals surface area contributed by atoms with Crippen LogP contribution in [0.15, 0.2) is 16.2 Å². The molecule has 0 saturated carbocycles. The Morgan fingerprint density at radius 3 is 2.80 bits per heavy atom. The highest BCUT2D eigenvalue weighted by Gasteiger charge is 2.31. The Balaban J connectivity index is 2.07. The molecule has 20 heavy (non-hydrogen) atoms. The number of ketones is 2. The molecule has 1 aromatic heterocycles. The van der Waals surface area contributed by atoms with Gasteiger partial charge in [0.25, 0.3) is 0 Å². The summed E-state index contributed by atoms with van der Waals surface area (Å²) in [6.07, 6.45) is 0.476. The minimum Gasteiger partial charge on any atom is -0.465 e. The highest BCUT2D eigenvalue weighted by molar-refractivity contribution is 6.22. The molecular weight excluding hydrogens is 266 g/mol. The van der Waals surface area contributed by atoms with E-state index < -0.39 is 17.7 Å². The average Bonchev–Trinajstić information content (AvgIpc) is 2.85. The summed E-state index contributed by atoms with van der Waals surface area (Å²) in [5.74, 6) is -0.596. The largest absolute Gasteiger partial charge is 0.465 e. The Kier molecular flexibility index (Phi) is 3.83. The molecule has 8 nitrogen and oxygen atoms in total. The van der Waals surface area contributed by atoms with Crippen LogP contribution in [0.3, 0.4) is 0 Å². The van der Waals surface area contributed by atoms with Crippen LogP contribution < -0.4 is 10.6 Å². The number of fused-ring (bicyclic) bond motifs is 1. The van der Waals surface area contributed by atoms with Crippen LogP contribution in [0.2, 0.25) is 0 Å². The van der Waals surface area contributed by atoms with Crippen LogP contribution in [0.4, 0.5) is 4.79 Å². The van der Waals surface area contributed by atoms with Crippen LogP contribution >= 0.6 is 0 Å². The molecule has 0 aromatic carbocycles. The Hall–Kier alpha value is -2.64. The van der Waals surface area contributed by atoms with Crippen molar-refractivity contribution in [2.45, 2.75) is 13.3 Å². The number of carboxylic acid groups (broad SMARTS) is 1. The number of hydrogen-bond donors (Lipinski definition) is 3. The Labute approximate surface area is 113 Å². The van der Waals surface area contributed by atoms with Gasteiger partial charge < -0.3 is 20.2 Å². The van der Waals surface area contributed by atoms with E-state index in [9.17, 15) is 14.4 Å². The molecule has 1 heterocycles. The summed E-state index contributed by atoms with van der Waals surface area (Å²) in [5.41, 5.74) is 0.106. The Bertz CT molecular complexity index is 602. The van der Waals surface area contributed by atoms with Gasteiger partial charge in [0.15, 0.2) is 11.6 Å². The third-order valence-electron chi connectivity index (χ3n) is 2.65. The first-order chi connectivity index (χ1) is 9.52. The molecule has 0 bridgehead atoms. The number of aryl methyl sites for hydroxylation is 1. The third kappa shape index (κ3) is 2.68. The molecule has 1 aliphatic rings. The van der Waals surface area contributed by atoms with Crippen molar-refractivity contribution in [2.75, 3.05) is 13.1 Å². The summed E-state index contributed by atoms with van der Waals surface area (Å²) in [4.78, 5) is 38.1. The molecule has 0 spiro atoms. The summed E-state index contributed by atoms with van der Waals surface area (Å²) < 4.78 is 5.24. The number of aromatic nitrogens is 1. The van der Waals surface area contributed by atoms with Crippen molar-refractivity contribution in [3.63, 3.8) is 0 Å². The molecule has 1 aliphatic carbocycles. The minimum absolute atomic E-state index is 0.0288. The number of carbonyl (C=O) groups is 3. The van der Waals surface area contributed by atoms with Crippen LogP contribution in [0, 0.1) is 0 Å². The van der Waals surface area contributed by atoms with Crippen LogP contribution in [0.1, 0.15) is 33.9 Å². The number of oxazole rings is 1. The van der Waals surface area contributed by atoms with Crippen molar-refractivity contribution < 1.29 is 23.9 Å². The van der Waals surface area contributed by atoms with E-state index in [-0.39, 0.29) is 30.2 Å². The number of hydrogen-bond acceptors (Lipinski definition) is 6. The van der Waals surface area contributed by atoms with Gasteiger partial charge in [0.1, 0.15) is 0 Å². The number of nitrogens with zero attached hydrogens (tertiary/aromatic N) is 1. The van der Waals surface area contributed by atoms with E-state index >= 15 is 0 Å². The highest BCUT2D eigenvalue weighted by Crippen LogP contribution is 2.21. The van der Waals surface area contributed by atoms with E-state index in [0.717, 1.165) is 6.08 Å². The SMILES string of the molecule is CCc1nc2c(o1)C(=O)C(NCCNC(=O)O)=CC2=O. The predicted molar refractivity (Wildman–Crippen MR) is 66.7 cm³/mol. The molecule has 2 rings (SSSR count). The summed E-state index contributed by atoms with van der Waals surface area (Å²) in [6.45, 7) is 2.09. The van der Waals surface area contributed by atoms with Gasteiger partial charge in [-0.2, -0.15) is 0 Å². The first kappa shape index (κ1) is 13.8. The van der Waals surface area contributed by atoms with Crippen molar-refractivity contribution in [3.8, 4) is 0 Å². The number of nitrogens with one attached hydrogen (secondary N) is 2. The fraction of sp³-hybridized carbons (Fsp3) is 0.333. The van der Waals surface area contributed by atoms with Gasteiger partial charge in [0, 0.05) is 25.6 Å². The van der Waals surface area contributed by atoms with Crippen molar-refractivity contribution >= 4 is 17.7 Å². The lowest BCUT2D eigenvalue weighted by Crippen LogP contribution is -2.33. The van der Waals surface area contributed by atoms with Crippen molar-refractivity contribution in [1.29, 1.82) is 0 Å². The van der Waals surface area contributed by atoms with Crippen LogP contribution in [0.25, 0.3) is 0 Å². The van der Waals surface area contributed by atoms with Gasteiger partial charge in [0.2, 0.25) is 17.3 Å². The highest BCUT2D eigenvalue weighted by atomic mass is 16.4. The van der Waals surface area contributed by atoms with Crippen LogP contribution in [-0.2, 0) is 6.42 Å². The van der Waals surface area contributed by atoms with E-state index in [1.54, 1.807) is 6.92 Å². The lowest BCUT2D eigenvalue weighted by Gasteiger charge is -2.11. The Morgan fingerprint density at radius 1 is 1.40 bits per heavy atom. The number of Topliss-reactive ketones (excluding diaryl/α,β-unsaturated/α-hetero) is 1. The lowest BCUT2D eigenvalue weighted by molar-refractivity contribution is 0.0955. The second-order valence-corrected chi connectivity index (χ2v) is 4.05. The zero-order valence-electron chi connectivity index (χ0n) is 10.7. The second-order valence-electron chi connectivity index (χ2n) is 4.05. The molecule has 8 heteroatoms. The van der Waals surface area contributed by atoms with Gasteiger partial charge in [-0.15, -0.1) is 0 Å². The molecule has 0 atom stereocenters. The van der Waals surface area contributed by atoms with Crippen LogP contribution in [-0.4, -0.2) is 40.8 Å². The first-order valence-electron chi connectivity index (χ1n) is 6.04. The normalized spacial score (nSPS) is 13.8. The molecular formula is C12H13N3O5. The van der Waals surface area contributed by atoms with Crippen molar-refractivity contribution in [1.82, 2.24) is 15.6 Å². The van der Waals surface area contributed by atoms with E-state index in [1.165, 1.54) is 0 Å². The van der Waals surface area contributed by atoms with Gasteiger partial charge in [-0.05, 0) is 0 Å². The molecule has 106 valence electrons. The number of amides is 1. The van der Waals surface area contributed by atoms with Gasteiger partial charge in [-0.3, -0.25) is 9.59 Å². The third-order valence-corrected chi connectivity index (χ3v) is 2.65. The zero-order valence-corrected chi connectivity index (χ0v) is 10.7. The topological polar surface area (TPSA) is 122 Å². The van der Waals surface area contributed by atoms with E-state index in [4.69, 9.17) is 9.52 Å². The van der Waals surface area contributed by atoms with Gasteiger partial charge in [0.05, 0.1) is 5.70 Å². The maximum atomic E-state index is 12.1. The smallest absolute Gasteiger partial charge is 0.404 e. The summed E-state index contributed by atoms with van der Waals surface area (Å²) in [7, 11) is 0. The van der Waals surface area contributed by atoms with Gasteiger partial charge >= 0.3 is 6.09 Å². The summed E-state index contributed by atoms with van der Waals surface area (Å²) in [5, 5.41) is 13.2. The molecule has 0 saturated heterocycles. The van der Waals surface area contributed by atoms with Gasteiger partial charge in [-0.25, -0.2) is 9.78 Å². The molecule has 1 amide bonds. The number of carbonyl (C=O) groups excluding carboxylic acids is 2. The fourth-order valence-electron chi connectivity index (χ4n) is 1.72. The standard InChI is InChI=1S/C12H13N3O5/c1-2-8-15-9-7(16)5-6(10(17)11(9)20-8)13-3-4-14-12(18)19/h5,13-14H,2-4H2,1H3,(H,18,19). The number of rotatable bonds is 5. The van der Waals surface area contributed by atoms with Crippen molar-refractivity contribution in [2.24, 2.45) is 0 Å². The summed E-state index contributed by atoms with van der Waals surface area (Å²) >= 11 is 0. The van der Waals surface area contributed by atoms with E-state index in [0.29, 0.717) is 12.3 Å². The van der Waals surface area contributed by atoms with Gasteiger partial charge in [-0.1, -0.05) is 6.92 Å². The number of allylic oxidation sites excluding steroid dienone is 2.